The van der Waals surface area contributed by atoms with Crippen LogP contribution in [0.2, 0.25) is 0 Å². The fraction of sp³-hybridized carbons (Fsp3) is 0.500. The number of piperidine rings is 1. The van der Waals surface area contributed by atoms with Gasteiger partial charge in [0.05, 0.1) is 5.69 Å². The van der Waals surface area contributed by atoms with Crippen molar-refractivity contribution in [3.05, 3.63) is 41.3 Å². The predicted molar refractivity (Wildman–Crippen MR) is 123 cm³/mol. The molecule has 2 N–H and O–H groups in total. The minimum atomic E-state index is -0.973. The maximum Gasteiger partial charge on any atom is 0.348 e. The van der Waals surface area contributed by atoms with E-state index >= 15 is 0 Å². The molecule has 0 radical (unpaired) electrons. The van der Waals surface area contributed by atoms with Crippen molar-refractivity contribution < 1.29 is 14.7 Å². The molecule has 1 amide bonds. The number of carbonyl (C=O) groups excluding carboxylic acids is 1. The third-order valence-corrected chi connectivity index (χ3v) is 6.90. The first kappa shape index (κ1) is 22.5. The third-order valence-electron chi connectivity index (χ3n) is 5.73. The predicted octanol–water partition coefficient (Wildman–Crippen LogP) is 5.27. The SMILES string of the molecule is CC(C)CCC(C)C(=O)N(c1cc(-c2ccccc2)sc1C(=O)O)C1CCNCC1. The standard InChI is InChI=1S/C24H32N2O3S/c1-16(2)9-10-17(3)23(27)26(19-11-13-25-14-12-19)20-15-21(30-22(20)24(28)29)18-7-5-4-6-8-18/h4-8,15-17,19,25H,9-14H2,1-3H3,(H,28,29). The molecule has 1 aliphatic rings. The highest BCUT2D eigenvalue weighted by atomic mass is 32.1. The second kappa shape index (κ2) is 10.2. The quantitative estimate of drug-likeness (QED) is 0.601. The van der Waals surface area contributed by atoms with Crippen molar-refractivity contribution in [1.82, 2.24) is 5.32 Å². The van der Waals surface area contributed by atoms with Crippen LogP contribution in [0.5, 0.6) is 0 Å². The van der Waals surface area contributed by atoms with Gasteiger partial charge in [0.25, 0.3) is 0 Å². The van der Waals surface area contributed by atoms with E-state index in [1.807, 2.05) is 48.2 Å². The number of hydrogen-bond acceptors (Lipinski definition) is 4. The van der Waals surface area contributed by atoms with Crippen LogP contribution in [-0.4, -0.2) is 36.1 Å². The second-order valence-electron chi connectivity index (χ2n) is 8.56. The average Bonchev–Trinajstić information content (AvgIpc) is 3.19. The third kappa shape index (κ3) is 5.29. The molecule has 1 aromatic heterocycles. The molecule has 1 aromatic carbocycles. The summed E-state index contributed by atoms with van der Waals surface area (Å²) in [5, 5.41) is 13.3. The number of nitrogens with zero attached hydrogens (tertiary/aromatic N) is 1. The Kier molecular flexibility index (Phi) is 7.67. The molecule has 3 rings (SSSR count). The number of nitrogens with one attached hydrogen (secondary N) is 1. The lowest BCUT2D eigenvalue weighted by Gasteiger charge is -2.36. The molecule has 1 saturated heterocycles. The monoisotopic (exact) mass is 428 g/mol. The van der Waals surface area contributed by atoms with Crippen molar-refractivity contribution >= 4 is 28.9 Å². The van der Waals surface area contributed by atoms with E-state index in [-0.39, 0.29) is 22.7 Å². The highest BCUT2D eigenvalue weighted by Gasteiger charge is 2.33. The molecule has 1 aliphatic heterocycles. The number of carboxylic acids is 1. The van der Waals surface area contributed by atoms with Gasteiger partial charge in [0.2, 0.25) is 5.91 Å². The number of hydrogen-bond donors (Lipinski definition) is 2. The van der Waals surface area contributed by atoms with Crippen LogP contribution in [0.3, 0.4) is 0 Å². The number of aromatic carboxylic acids is 1. The fourth-order valence-electron chi connectivity index (χ4n) is 3.96. The summed E-state index contributed by atoms with van der Waals surface area (Å²) in [6.07, 6.45) is 3.46. The second-order valence-corrected chi connectivity index (χ2v) is 9.61. The molecule has 162 valence electrons. The summed E-state index contributed by atoms with van der Waals surface area (Å²) in [4.78, 5) is 28.7. The van der Waals surface area contributed by atoms with Crippen molar-refractivity contribution in [1.29, 1.82) is 0 Å². The summed E-state index contributed by atoms with van der Waals surface area (Å²) >= 11 is 1.25. The highest BCUT2D eigenvalue weighted by Crippen LogP contribution is 2.39. The smallest absolute Gasteiger partial charge is 0.348 e. The lowest BCUT2D eigenvalue weighted by Crippen LogP contribution is -2.48. The molecule has 2 heterocycles. The van der Waals surface area contributed by atoms with Crippen LogP contribution >= 0.6 is 11.3 Å². The summed E-state index contributed by atoms with van der Waals surface area (Å²) < 4.78 is 0. The van der Waals surface area contributed by atoms with Crippen LogP contribution in [0.25, 0.3) is 10.4 Å². The number of carboxylic acid groups (broad SMARTS) is 1. The average molecular weight is 429 g/mol. The zero-order chi connectivity index (χ0) is 21.7. The van der Waals surface area contributed by atoms with E-state index < -0.39 is 5.97 Å². The van der Waals surface area contributed by atoms with Gasteiger partial charge in [-0.25, -0.2) is 4.79 Å². The van der Waals surface area contributed by atoms with Crippen molar-refractivity contribution in [2.75, 3.05) is 18.0 Å². The van der Waals surface area contributed by atoms with Crippen molar-refractivity contribution in [2.45, 2.75) is 52.5 Å². The largest absolute Gasteiger partial charge is 0.477 e. The van der Waals surface area contributed by atoms with E-state index in [0.717, 1.165) is 49.2 Å². The maximum absolute atomic E-state index is 13.6. The molecule has 1 fully saturated rings. The van der Waals surface area contributed by atoms with E-state index in [1.54, 1.807) is 0 Å². The van der Waals surface area contributed by atoms with Gasteiger partial charge in [-0.3, -0.25) is 4.79 Å². The molecule has 0 aliphatic carbocycles. The van der Waals surface area contributed by atoms with Crippen LogP contribution in [-0.2, 0) is 4.79 Å². The lowest BCUT2D eigenvalue weighted by molar-refractivity contribution is -0.122. The minimum Gasteiger partial charge on any atom is -0.477 e. The molecule has 1 atom stereocenters. The van der Waals surface area contributed by atoms with Gasteiger partial charge in [0, 0.05) is 16.8 Å². The van der Waals surface area contributed by atoms with Crippen LogP contribution in [0.1, 0.15) is 56.1 Å². The zero-order valence-electron chi connectivity index (χ0n) is 18.1. The maximum atomic E-state index is 13.6. The van der Waals surface area contributed by atoms with Crippen molar-refractivity contribution in [3.8, 4) is 10.4 Å². The van der Waals surface area contributed by atoms with Gasteiger partial charge in [0.15, 0.2) is 0 Å². The van der Waals surface area contributed by atoms with E-state index in [1.165, 1.54) is 11.3 Å². The first-order valence-corrected chi connectivity index (χ1v) is 11.7. The number of thiophene rings is 1. The van der Waals surface area contributed by atoms with Gasteiger partial charge in [-0.15, -0.1) is 11.3 Å². The van der Waals surface area contributed by atoms with Gasteiger partial charge in [-0.1, -0.05) is 57.5 Å². The molecule has 6 heteroatoms. The fourth-order valence-corrected chi connectivity index (χ4v) is 4.96. The summed E-state index contributed by atoms with van der Waals surface area (Å²) in [5.41, 5.74) is 1.53. The molecule has 0 spiro atoms. The van der Waals surface area contributed by atoms with E-state index in [4.69, 9.17) is 0 Å². The summed E-state index contributed by atoms with van der Waals surface area (Å²) in [6.45, 7) is 7.98. The van der Waals surface area contributed by atoms with E-state index in [0.29, 0.717) is 11.6 Å². The Morgan fingerprint density at radius 2 is 1.80 bits per heavy atom. The van der Waals surface area contributed by atoms with Crippen LogP contribution in [0, 0.1) is 11.8 Å². The molecular formula is C24H32N2O3S. The Bertz CT molecular complexity index is 857. The van der Waals surface area contributed by atoms with Crippen LogP contribution < -0.4 is 10.2 Å². The normalized spacial score (nSPS) is 15.9. The molecular weight excluding hydrogens is 396 g/mol. The van der Waals surface area contributed by atoms with Crippen LogP contribution in [0.15, 0.2) is 36.4 Å². The first-order chi connectivity index (χ1) is 14.4. The molecule has 5 nitrogen and oxygen atoms in total. The number of carbonyl (C=O) groups is 2. The van der Waals surface area contributed by atoms with Gasteiger partial charge in [-0.2, -0.15) is 0 Å². The number of anilines is 1. The van der Waals surface area contributed by atoms with E-state index in [2.05, 4.69) is 19.2 Å². The Hall–Kier alpha value is -2.18. The number of amides is 1. The number of benzene rings is 1. The summed E-state index contributed by atoms with van der Waals surface area (Å²) in [5.74, 6) is -0.529. The van der Waals surface area contributed by atoms with Gasteiger partial charge in [0.1, 0.15) is 4.88 Å². The molecule has 0 saturated carbocycles. The summed E-state index contributed by atoms with van der Waals surface area (Å²) in [7, 11) is 0. The Morgan fingerprint density at radius 1 is 1.13 bits per heavy atom. The molecule has 1 unspecified atom stereocenters. The highest BCUT2D eigenvalue weighted by molar-refractivity contribution is 7.18. The molecule has 2 aromatic rings. The first-order valence-electron chi connectivity index (χ1n) is 10.8. The van der Waals surface area contributed by atoms with Gasteiger partial charge in [-0.05, 0) is 49.9 Å². The van der Waals surface area contributed by atoms with Gasteiger partial charge >= 0.3 is 5.97 Å². The van der Waals surface area contributed by atoms with E-state index in [9.17, 15) is 14.7 Å². The van der Waals surface area contributed by atoms with Crippen LogP contribution in [0.4, 0.5) is 5.69 Å². The lowest BCUT2D eigenvalue weighted by atomic mass is 9.95. The molecule has 0 bridgehead atoms. The number of rotatable bonds is 8. The minimum absolute atomic E-state index is 0.0246. The Labute approximate surface area is 183 Å². The van der Waals surface area contributed by atoms with Gasteiger partial charge < -0.3 is 15.3 Å². The van der Waals surface area contributed by atoms with Crippen molar-refractivity contribution in [2.24, 2.45) is 11.8 Å². The summed E-state index contributed by atoms with van der Waals surface area (Å²) in [6, 6.07) is 11.7. The molecule has 30 heavy (non-hydrogen) atoms. The van der Waals surface area contributed by atoms with Crippen molar-refractivity contribution in [3.63, 3.8) is 0 Å². The topological polar surface area (TPSA) is 69.6 Å². The zero-order valence-corrected chi connectivity index (χ0v) is 18.9. The Balaban J connectivity index is 2.01. The Morgan fingerprint density at radius 3 is 2.40 bits per heavy atom.